The predicted molar refractivity (Wildman–Crippen MR) is 107 cm³/mol. The van der Waals surface area contributed by atoms with Crippen LogP contribution in [0.15, 0.2) is 57.7 Å². The van der Waals surface area contributed by atoms with Gasteiger partial charge in [-0.25, -0.2) is 0 Å². The number of H-pyrrole nitrogens is 2. The molecular weight excluding hydrogens is 430 g/mol. The molecular formula is C19H17Br2N3. The Labute approximate surface area is 157 Å². The maximum atomic E-state index is 3.56. The molecule has 0 aliphatic rings. The van der Waals surface area contributed by atoms with Crippen LogP contribution in [0.2, 0.25) is 0 Å². The Balaban J connectivity index is 1.58. The van der Waals surface area contributed by atoms with Crippen LogP contribution in [0.4, 0.5) is 0 Å². The molecule has 4 rings (SSSR count). The molecule has 0 bridgehead atoms. The van der Waals surface area contributed by atoms with Gasteiger partial charge in [0.25, 0.3) is 0 Å². The molecule has 5 heteroatoms. The summed E-state index contributed by atoms with van der Waals surface area (Å²) in [5, 5.41) is 2.55. The second-order valence-corrected chi connectivity index (χ2v) is 8.01. The highest BCUT2D eigenvalue weighted by atomic mass is 79.9. The number of halogens is 2. The fraction of sp³-hybridized carbons (Fsp3) is 0.158. The third kappa shape index (κ3) is 3.04. The number of hydrogen-bond acceptors (Lipinski definition) is 1. The SMILES string of the molecule is CN(Cc1c[nH]c2ccc(Br)cc12)Cc1c[nH]c2ccc(Br)cc12. The average molecular weight is 447 g/mol. The highest BCUT2D eigenvalue weighted by Gasteiger charge is 2.10. The number of rotatable bonds is 4. The standard InChI is InChI=1S/C19H17Br2N3/c1-24(10-12-8-22-18-4-2-14(20)6-16(12)18)11-13-9-23-19-5-3-15(21)7-17(13)19/h2-9,22-23H,10-11H2,1H3. The summed E-state index contributed by atoms with van der Waals surface area (Å²) in [5.41, 5.74) is 4.99. The molecule has 3 nitrogen and oxygen atoms in total. The van der Waals surface area contributed by atoms with Crippen LogP contribution < -0.4 is 0 Å². The van der Waals surface area contributed by atoms with Gasteiger partial charge in [0.2, 0.25) is 0 Å². The molecule has 24 heavy (non-hydrogen) atoms. The maximum Gasteiger partial charge on any atom is 0.0458 e. The Hall–Kier alpha value is -1.56. The average Bonchev–Trinajstić information content (AvgIpc) is 3.12. The minimum atomic E-state index is 0.900. The summed E-state index contributed by atoms with van der Waals surface area (Å²) in [7, 11) is 2.16. The zero-order valence-corrected chi connectivity index (χ0v) is 16.4. The van der Waals surface area contributed by atoms with Crippen LogP contribution in [-0.4, -0.2) is 21.9 Å². The first-order valence-corrected chi connectivity index (χ1v) is 9.38. The first-order chi connectivity index (χ1) is 11.6. The van der Waals surface area contributed by atoms with E-state index in [0.29, 0.717) is 0 Å². The van der Waals surface area contributed by atoms with Crippen molar-refractivity contribution in [2.75, 3.05) is 7.05 Å². The van der Waals surface area contributed by atoms with Gasteiger partial charge in [0.05, 0.1) is 0 Å². The fourth-order valence-corrected chi connectivity index (χ4v) is 3.92. The first-order valence-electron chi connectivity index (χ1n) is 7.80. The summed E-state index contributed by atoms with van der Waals surface area (Å²) in [5.74, 6) is 0. The van der Waals surface area contributed by atoms with Gasteiger partial charge in [-0.05, 0) is 54.6 Å². The minimum absolute atomic E-state index is 0.900. The summed E-state index contributed by atoms with van der Waals surface area (Å²) < 4.78 is 2.22. The molecule has 4 aromatic rings. The molecule has 0 saturated heterocycles. The number of nitrogens with zero attached hydrogens (tertiary/aromatic N) is 1. The van der Waals surface area contributed by atoms with Gasteiger partial charge in [0.15, 0.2) is 0 Å². The van der Waals surface area contributed by atoms with E-state index in [2.05, 4.69) is 103 Å². The molecule has 2 heterocycles. The molecule has 0 amide bonds. The zero-order chi connectivity index (χ0) is 16.7. The third-order valence-electron chi connectivity index (χ3n) is 4.34. The number of nitrogens with one attached hydrogen (secondary N) is 2. The molecule has 0 radical (unpaired) electrons. The Bertz CT molecular complexity index is 934. The van der Waals surface area contributed by atoms with Gasteiger partial charge >= 0.3 is 0 Å². The topological polar surface area (TPSA) is 34.8 Å². The van der Waals surface area contributed by atoms with Crippen LogP contribution in [0, 0.1) is 0 Å². The Morgan fingerprint density at radius 3 is 1.71 bits per heavy atom. The van der Waals surface area contributed by atoms with Crippen molar-refractivity contribution in [1.82, 2.24) is 14.9 Å². The van der Waals surface area contributed by atoms with Crippen molar-refractivity contribution in [3.05, 3.63) is 68.9 Å². The van der Waals surface area contributed by atoms with Gasteiger partial charge in [0.1, 0.15) is 0 Å². The van der Waals surface area contributed by atoms with E-state index in [4.69, 9.17) is 0 Å². The minimum Gasteiger partial charge on any atom is -0.361 e. The van der Waals surface area contributed by atoms with E-state index in [1.165, 1.54) is 32.9 Å². The maximum absolute atomic E-state index is 3.56. The summed E-state index contributed by atoms with van der Waals surface area (Å²) in [6.45, 7) is 1.80. The van der Waals surface area contributed by atoms with E-state index in [1.54, 1.807) is 0 Å². The van der Waals surface area contributed by atoms with Gasteiger partial charge in [-0.3, -0.25) is 4.90 Å². The van der Waals surface area contributed by atoms with Crippen LogP contribution in [0.3, 0.4) is 0 Å². The lowest BCUT2D eigenvalue weighted by molar-refractivity contribution is 0.321. The van der Waals surface area contributed by atoms with Crippen LogP contribution in [0.25, 0.3) is 21.8 Å². The lowest BCUT2D eigenvalue weighted by atomic mass is 10.1. The van der Waals surface area contributed by atoms with Gasteiger partial charge in [-0.15, -0.1) is 0 Å². The van der Waals surface area contributed by atoms with Crippen molar-refractivity contribution >= 4 is 53.7 Å². The lowest BCUT2D eigenvalue weighted by Crippen LogP contribution is -2.16. The van der Waals surface area contributed by atoms with E-state index >= 15 is 0 Å². The molecule has 2 aromatic heterocycles. The van der Waals surface area contributed by atoms with Crippen molar-refractivity contribution in [2.45, 2.75) is 13.1 Å². The predicted octanol–water partition coefficient (Wildman–Crippen LogP) is 5.81. The number of aromatic nitrogens is 2. The molecule has 0 fully saturated rings. The number of fused-ring (bicyclic) bond motifs is 2. The smallest absolute Gasteiger partial charge is 0.0458 e. The summed E-state index contributed by atoms with van der Waals surface area (Å²) in [6, 6.07) is 12.7. The van der Waals surface area contributed by atoms with Crippen molar-refractivity contribution in [3.63, 3.8) is 0 Å². The van der Waals surface area contributed by atoms with Gasteiger partial charge in [-0.1, -0.05) is 31.9 Å². The molecule has 122 valence electrons. The fourth-order valence-electron chi connectivity index (χ4n) is 3.20. The molecule has 2 aromatic carbocycles. The van der Waals surface area contributed by atoms with Crippen molar-refractivity contribution < 1.29 is 0 Å². The summed E-state index contributed by atoms with van der Waals surface area (Å²) in [4.78, 5) is 9.05. The Morgan fingerprint density at radius 1 is 0.792 bits per heavy atom. The van der Waals surface area contributed by atoms with Crippen LogP contribution in [0.5, 0.6) is 0 Å². The highest BCUT2D eigenvalue weighted by molar-refractivity contribution is 9.10. The summed E-state index contributed by atoms with van der Waals surface area (Å²) in [6.07, 6.45) is 4.22. The second-order valence-electron chi connectivity index (χ2n) is 6.18. The number of benzene rings is 2. The van der Waals surface area contributed by atoms with Gasteiger partial charge in [-0.2, -0.15) is 0 Å². The monoisotopic (exact) mass is 445 g/mol. The van der Waals surface area contributed by atoms with E-state index < -0.39 is 0 Å². The molecule has 2 N–H and O–H groups in total. The zero-order valence-electron chi connectivity index (χ0n) is 13.2. The molecule has 0 spiro atoms. The summed E-state index contributed by atoms with van der Waals surface area (Å²) >= 11 is 7.13. The van der Waals surface area contributed by atoms with Crippen molar-refractivity contribution in [1.29, 1.82) is 0 Å². The van der Waals surface area contributed by atoms with E-state index in [0.717, 1.165) is 22.0 Å². The van der Waals surface area contributed by atoms with Crippen LogP contribution in [0.1, 0.15) is 11.1 Å². The Kier molecular flexibility index (Phi) is 4.24. The third-order valence-corrected chi connectivity index (χ3v) is 5.33. The quantitative estimate of drug-likeness (QED) is 0.407. The van der Waals surface area contributed by atoms with Gasteiger partial charge < -0.3 is 9.97 Å². The molecule has 0 aliphatic heterocycles. The normalized spacial score (nSPS) is 11.8. The lowest BCUT2D eigenvalue weighted by Gasteiger charge is -2.16. The van der Waals surface area contributed by atoms with Crippen molar-refractivity contribution in [3.8, 4) is 0 Å². The van der Waals surface area contributed by atoms with Gasteiger partial charge in [0, 0.05) is 56.2 Å². The Morgan fingerprint density at radius 2 is 1.25 bits per heavy atom. The van der Waals surface area contributed by atoms with E-state index in [1.807, 2.05) is 0 Å². The molecule has 0 unspecified atom stereocenters. The second kappa shape index (κ2) is 6.39. The van der Waals surface area contributed by atoms with Crippen LogP contribution >= 0.6 is 31.9 Å². The highest BCUT2D eigenvalue weighted by Crippen LogP contribution is 2.26. The number of hydrogen-bond donors (Lipinski definition) is 2. The molecule has 0 saturated carbocycles. The first kappa shape index (κ1) is 15.9. The molecule has 0 atom stereocenters. The largest absolute Gasteiger partial charge is 0.361 e. The van der Waals surface area contributed by atoms with Crippen molar-refractivity contribution in [2.24, 2.45) is 0 Å². The number of aromatic amines is 2. The van der Waals surface area contributed by atoms with E-state index in [-0.39, 0.29) is 0 Å². The van der Waals surface area contributed by atoms with E-state index in [9.17, 15) is 0 Å². The van der Waals surface area contributed by atoms with Crippen LogP contribution in [-0.2, 0) is 13.1 Å². The molecule has 0 aliphatic carbocycles.